The first-order valence-corrected chi connectivity index (χ1v) is 5.93. The molecule has 1 aromatic rings. The third kappa shape index (κ3) is 2.13. The highest BCUT2D eigenvalue weighted by Crippen LogP contribution is 2.37. The minimum absolute atomic E-state index is 0.243. The Morgan fingerprint density at radius 1 is 1.39 bits per heavy atom. The molecule has 1 fully saturated rings. The van der Waals surface area contributed by atoms with Crippen LogP contribution >= 0.6 is 11.6 Å². The molecule has 1 aliphatic rings. The van der Waals surface area contributed by atoms with Crippen LogP contribution in [0.1, 0.15) is 29.6 Å². The fraction of sp³-hybridized carbons (Fsp3) is 0.333. The summed E-state index contributed by atoms with van der Waals surface area (Å²) in [5.74, 6) is -1.54. The van der Waals surface area contributed by atoms with E-state index in [-0.39, 0.29) is 5.56 Å². The standard InChI is InChI=1S/C12H13ClN2O3/c13-7-2-3-8(10(14)16)9(6-7)15-12(11(17)18)4-1-5-12/h2-3,6,15H,1,4-5H2,(H2,14,16)(H,17,18). The van der Waals surface area contributed by atoms with Gasteiger partial charge in [0.15, 0.2) is 0 Å². The average molecular weight is 269 g/mol. The maximum Gasteiger partial charge on any atom is 0.329 e. The number of rotatable bonds is 4. The molecule has 5 nitrogen and oxygen atoms in total. The summed E-state index contributed by atoms with van der Waals surface area (Å²) in [6, 6.07) is 4.55. The summed E-state index contributed by atoms with van der Waals surface area (Å²) in [5.41, 5.74) is 4.86. The molecule has 6 heteroatoms. The topological polar surface area (TPSA) is 92.4 Å². The predicted molar refractivity (Wildman–Crippen MR) is 67.8 cm³/mol. The van der Waals surface area contributed by atoms with Crippen LogP contribution in [0.15, 0.2) is 18.2 Å². The number of hydrogen-bond acceptors (Lipinski definition) is 3. The second-order valence-electron chi connectivity index (χ2n) is 4.42. The number of nitrogens with one attached hydrogen (secondary N) is 1. The predicted octanol–water partition coefficient (Wildman–Crippen LogP) is 1.86. The molecule has 0 atom stereocenters. The zero-order valence-electron chi connectivity index (χ0n) is 9.57. The number of carbonyl (C=O) groups is 2. The van der Waals surface area contributed by atoms with E-state index in [0.29, 0.717) is 23.6 Å². The normalized spacial score (nSPS) is 16.7. The summed E-state index contributed by atoms with van der Waals surface area (Å²) < 4.78 is 0. The molecule has 1 amide bonds. The van der Waals surface area contributed by atoms with Gasteiger partial charge in [-0.2, -0.15) is 0 Å². The van der Waals surface area contributed by atoms with Gasteiger partial charge in [-0.25, -0.2) is 4.79 Å². The van der Waals surface area contributed by atoms with Crippen molar-refractivity contribution in [3.63, 3.8) is 0 Å². The Balaban J connectivity index is 2.36. The fourth-order valence-electron chi connectivity index (χ4n) is 2.02. The van der Waals surface area contributed by atoms with E-state index in [1.807, 2.05) is 0 Å². The van der Waals surface area contributed by atoms with Gasteiger partial charge in [0.2, 0.25) is 0 Å². The van der Waals surface area contributed by atoms with Crippen molar-refractivity contribution >= 4 is 29.2 Å². The second-order valence-corrected chi connectivity index (χ2v) is 4.86. The maximum atomic E-state index is 11.3. The average Bonchev–Trinajstić information content (AvgIpc) is 2.22. The number of nitrogens with two attached hydrogens (primary N) is 1. The fourth-order valence-corrected chi connectivity index (χ4v) is 2.19. The summed E-state index contributed by atoms with van der Waals surface area (Å²) in [5, 5.41) is 12.5. The smallest absolute Gasteiger partial charge is 0.329 e. The third-order valence-electron chi connectivity index (χ3n) is 3.24. The minimum atomic E-state index is -1.01. The Kier molecular flexibility index (Phi) is 3.17. The number of anilines is 1. The van der Waals surface area contributed by atoms with Gasteiger partial charge in [0.25, 0.3) is 5.91 Å². The molecule has 0 radical (unpaired) electrons. The van der Waals surface area contributed by atoms with E-state index in [9.17, 15) is 14.7 Å². The van der Waals surface area contributed by atoms with Crippen LogP contribution in [0.3, 0.4) is 0 Å². The molecular formula is C12H13ClN2O3. The molecule has 4 N–H and O–H groups in total. The molecule has 96 valence electrons. The first kappa shape index (κ1) is 12.7. The van der Waals surface area contributed by atoms with E-state index in [2.05, 4.69) is 5.32 Å². The van der Waals surface area contributed by atoms with Gasteiger partial charge in [-0.1, -0.05) is 11.6 Å². The lowest BCUT2D eigenvalue weighted by molar-refractivity contribution is -0.145. The van der Waals surface area contributed by atoms with Gasteiger partial charge < -0.3 is 16.2 Å². The summed E-state index contributed by atoms with van der Waals surface area (Å²) >= 11 is 5.85. The lowest BCUT2D eigenvalue weighted by Crippen LogP contribution is -2.52. The molecule has 0 aromatic heterocycles. The Labute approximate surface area is 109 Å². The zero-order chi connectivity index (χ0) is 13.3. The molecule has 0 heterocycles. The highest BCUT2D eigenvalue weighted by atomic mass is 35.5. The van der Waals surface area contributed by atoms with Gasteiger partial charge in [0.1, 0.15) is 5.54 Å². The second kappa shape index (κ2) is 4.49. The van der Waals surface area contributed by atoms with E-state index < -0.39 is 17.4 Å². The molecular weight excluding hydrogens is 256 g/mol. The van der Waals surface area contributed by atoms with Crippen LogP contribution < -0.4 is 11.1 Å². The number of carboxylic acid groups (broad SMARTS) is 1. The van der Waals surface area contributed by atoms with E-state index in [0.717, 1.165) is 6.42 Å². The van der Waals surface area contributed by atoms with Gasteiger partial charge in [-0.15, -0.1) is 0 Å². The molecule has 2 rings (SSSR count). The summed E-state index contributed by atoms with van der Waals surface area (Å²) in [6.45, 7) is 0. The van der Waals surface area contributed by atoms with E-state index in [1.165, 1.54) is 12.1 Å². The zero-order valence-corrected chi connectivity index (χ0v) is 10.3. The van der Waals surface area contributed by atoms with Crippen molar-refractivity contribution in [1.82, 2.24) is 0 Å². The Morgan fingerprint density at radius 3 is 2.50 bits per heavy atom. The molecule has 0 aliphatic heterocycles. The highest BCUT2D eigenvalue weighted by Gasteiger charge is 2.44. The Morgan fingerprint density at radius 2 is 2.06 bits per heavy atom. The van der Waals surface area contributed by atoms with Crippen molar-refractivity contribution in [2.75, 3.05) is 5.32 Å². The Hall–Kier alpha value is -1.75. The van der Waals surface area contributed by atoms with Crippen molar-refractivity contribution < 1.29 is 14.7 Å². The molecule has 1 saturated carbocycles. The van der Waals surface area contributed by atoms with E-state index >= 15 is 0 Å². The summed E-state index contributed by atoms with van der Waals surface area (Å²) in [4.78, 5) is 22.5. The Bertz CT molecular complexity index is 512. The number of carbonyl (C=O) groups excluding carboxylic acids is 1. The van der Waals surface area contributed by atoms with Crippen LogP contribution in [-0.2, 0) is 4.79 Å². The van der Waals surface area contributed by atoms with Gasteiger partial charge in [0, 0.05) is 10.7 Å². The number of primary amides is 1. The molecule has 18 heavy (non-hydrogen) atoms. The lowest BCUT2D eigenvalue weighted by atomic mass is 9.76. The SMILES string of the molecule is NC(=O)c1ccc(Cl)cc1NC1(C(=O)O)CCC1. The van der Waals surface area contributed by atoms with Crippen LogP contribution in [0.5, 0.6) is 0 Å². The van der Waals surface area contributed by atoms with Crippen molar-refractivity contribution in [3.8, 4) is 0 Å². The van der Waals surface area contributed by atoms with Crippen LogP contribution in [0.2, 0.25) is 5.02 Å². The van der Waals surface area contributed by atoms with Crippen LogP contribution in [-0.4, -0.2) is 22.5 Å². The van der Waals surface area contributed by atoms with Crippen molar-refractivity contribution in [2.24, 2.45) is 5.73 Å². The van der Waals surface area contributed by atoms with Crippen molar-refractivity contribution in [2.45, 2.75) is 24.8 Å². The van der Waals surface area contributed by atoms with Gasteiger partial charge >= 0.3 is 5.97 Å². The molecule has 0 unspecified atom stereocenters. The number of aliphatic carboxylic acids is 1. The van der Waals surface area contributed by atoms with Crippen molar-refractivity contribution in [1.29, 1.82) is 0 Å². The van der Waals surface area contributed by atoms with Crippen molar-refractivity contribution in [3.05, 3.63) is 28.8 Å². The van der Waals surface area contributed by atoms with Gasteiger partial charge in [-0.3, -0.25) is 4.79 Å². The minimum Gasteiger partial charge on any atom is -0.480 e. The molecule has 0 bridgehead atoms. The van der Waals surface area contributed by atoms with Crippen LogP contribution in [0, 0.1) is 0 Å². The van der Waals surface area contributed by atoms with Gasteiger partial charge in [0.05, 0.1) is 5.56 Å². The molecule has 0 saturated heterocycles. The third-order valence-corrected chi connectivity index (χ3v) is 3.47. The molecule has 1 aliphatic carbocycles. The number of hydrogen-bond donors (Lipinski definition) is 3. The van der Waals surface area contributed by atoms with Crippen LogP contribution in [0.4, 0.5) is 5.69 Å². The largest absolute Gasteiger partial charge is 0.480 e. The maximum absolute atomic E-state index is 11.3. The van der Waals surface area contributed by atoms with E-state index in [4.69, 9.17) is 17.3 Å². The highest BCUT2D eigenvalue weighted by molar-refractivity contribution is 6.31. The summed E-state index contributed by atoms with van der Waals surface area (Å²) in [7, 11) is 0. The first-order chi connectivity index (χ1) is 8.44. The number of carboxylic acids is 1. The number of halogens is 1. The first-order valence-electron chi connectivity index (χ1n) is 5.55. The number of benzene rings is 1. The quantitative estimate of drug-likeness (QED) is 0.777. The summed E-state index contributed by atoms with van der Waals surface area (Å²) in [6.07, 6.45) is 1.88. The molecule has 1 aromatic carbocycles. The molecule has 0 spiro atoms. The number of amides is 1. The lowest BCUT2D eigenvalue weighted by Gasteiger charge is -2.39. The van der Waals surface area contributed by atoms with Gasteiger partial charge in [-0.05, 0) is 37.5 Å². The monoisotopic (exact) mass is 268 g/mol. The van der Waals surface area contributed by atoms with E-state index in [1.54, 1.807) is 6.07 Å². The van der Waals surface area contributed by atoms with Crippen LogP contribution in [0.25, 0.3) is 0 Å².